The van der Waals surface area contributed by atoms with E-state index < -0.39 is 6.10 Å². The number of nitrogens with zero attached hydrogens (tertiary/aromatic N) is 1. The first kappa shape index (κ1) is 15.5. The van der Waals surface area contributed by atoms with Crippen molar-refractivity contribution in [3.05, 3.63) is 21.9 Å². The zero-order chi connectivity index (χ0) is 15.7. The summed E-state index contributed by atoms with van der Waals surface area (Å²) in [5, 5.41) is 16.2. The number of aryl methyl sites for hydroxylation is 1. The molecule has 1 saturated carbocycles. The molecule has 0 spiro atoms. The lowest BCUT2D eigenvalue weighted by atomic mass is 10.1. The zero-order valence-corrected chi connectivity index (χ0v) is 13.4. The molecule has 0 bridgehead atoms. The summed E-state index contributed by atoms with van der Waals surface area (Å²) in [6.07, 6.45) is 0.902. The Morgan fingerprint density at radius 2 is 2.27 bits per heavy atom. The van der Waals surface area contributed by atoms with Crippen LogP contribution in [0.1, 0.15) is 27.4 Å². The fourth-order valence-electron chi connectivity index (χ4n) is 3.25. The average molecular weight is 323 g/mol. The van der Waals surface area contributed by atoms with Crippen LogP contribution in [0.15, 0.2) is 12.1 Å². The molecule has 0 aromatic carbocycles. The van der Waals surface area contributed by atoms with Crippen LogP contribution in [0.3, 0.4) is 0 Å². The second kappa shape index (κ2) is 6.36. The molecule has 2 fully saturated rings. The second-order valence-electron chi connectivity index (χ2n) is 5.95. The number of aliphatic hydroxyl groups excluding tert-OH is 1. The van der Waals surface area contributed by atoms with Gasteiger partial charge in [-0.15, -0.1) is 11.3 Å². The van der Waals surface area contributed by atoms with Crippen LogP contribution in [0.2, 0.25) is 0 Å². The lowest BCUT2D eigenvalue weighted by Crippen LogP contribution is -2.55. The number of piperazine rings is 1. The van der Waals surface area contributed by atoms with Crippen LogP contribution < -0.4 is 10.6 Å². The zero-order valence-electron chi connectivity index (χ0n) is 12.5. The van der Waals surface area contributed by atoms with Crippen molar-refractivity contribution in [2.24, 2.45) is 0 Å². The van der Waals surface area contributed by atoms with Crippen molar-refractivity contribution in [2.45, 2.75) is 38.0 Å². The number of rotatable bonds is 3. The maximum absolute atomic E-state index is 12.2. The monoisotopic (exact) mass is 323 g/mol. The van der Waals surface area contributed by atoms with E-state index >= 15 is 0 Å². The van der Waals surface area contributed by atoms with E-state index in [-0.39, 0.29) is 23.9 Å². The van der Waals surface area contributed by atoms with Crippen molar-refractivity contribution < 1.29 is 14.7 Å². The third kappa shape index (κ3) is 3.16. The topological polar surface area (TPSA) is 81.7 Å². The maximum atomic E-state index is 12.2. The van der Waals surface area contributed by atoms with Crippen molar-refractivity contribution in [3.8, 4) is 0 Å². The van der Waals surface area contributed by atoms with E-state index in [0.717, 1.165) is 24.3 Å². The van der Waals surface area contributed by atoms with Gasteiger partial charge in [-0.1, -0.05) is 0 Å². The van der Waals surface area contributed by atoms with E-state index in [2.05, 4.69) is 10.6 Å². The van der Waals surface area contributed by atoms with Crippen molar-refractivity contribution in [3.63, 3.8) is 0 Å². The number of carbonyl (C=O) groups excluding carboxylic acids is 2. The summed E-state index contributed by atoms with van der Waals surface area (Å²) in [6, 6.07) is 3.43. The molecule has 0 radical (unpaired) electrons. The molecule has 1 saturated heterocycles. The Bertz CT molecular complexity index is 574. The summed E-state index contributed by atoms with van der Waals surface area (Å²) < 4.78 is 0. The number of hydrogen-bond donors (Lipinski definition) is 3. The third-order valence-electron chi connectivity index (χ3n) is 4.40. The summed E-state index contributed by atoms with van der Waals surface area (Å²) in [4.78, 5) is 27.5. The molecule has 1 aliphatic carbocycles. The molecule has 1 aliphatic heterocycles. The molecule has 3 rings (SSSR count). The van der Waals surface area contributed by atoms with Gasteiger partial charge < -0.3 is 15.7 Å². The van der Waals surface area contributed by atoms with Gasteiger partial charge in [0, 0.05) is 24.0 Å². The van der Waals surface area contributed by atoms with Crippen LogP contribution in [-0.2, 0) is 4.79 Å². The minimum Gasteiger partial charge on any atom is -0.389 e. The highest BCUT2D eigenvalue weighted by atomic mass is 32.1. The van der Waals surface area contributed by atoms with Crippen LogP contribution in [0.5, 0.6) is 0 Å². The molecule has 2 heterocycles. The van der Waals surface area contributed by atoms with Crippen molar-refractivity contribution in [1.29, 1.82) is 0 Å². The molecule has 3 N–H and O–H groups in total. The van der Waals surface area contributed by atoms with Gasteiger partial charge in [-0.3, -0.25) is 14.5 Å². The summed E-state index contributed by atoms with van der Waals surface area (Å²) in [5.74, 6) is -0.126. The lowest BCUT2D eigenvalue weighted by molar-refractivity contribution is -0.125. The maximum Gasteiger partial charge on any atom is 0.261 e. The van der Waals surface area contributed by atoms with Gasteiger partial charge in [-0.05, 0) is 31.9 Å². The van der Waals surface area contributed by atoms with Crippen molar-refractivity contribution in [2.75, 3.05) is 19.6 Å². The average Bonchev–Trinajstić information content (AvgIpc) is 3.06. The summed E-state index contributed by atoms with van der Waals surface area (Å²) >= 11 is 1.45. The normalized spacial score (nSPS) is 29.4. The van der Waals surface area contributed by atoms with Gasteiger partial charge in [0.1, 0.15) is 0 Å². The first-order chi connectivity index (χ1) is 10.5. The summed E-state index contributed by atoms with van der Waals surface area (Å²) in [7, 11) is 0. The molecule has 3 atom stereocenters. The molecule has 2 aliphatic rings. The van der Waals surface area contributed by atoms with Crippen LogP contribution in [-0.4, -0.2) is 59.6 Å². The number of amides is 2. The minimum atomic E-state index is -0.629. The number of nitrogens with one attached hydrogen (secondary N) is 2. The molecule has 22 heavy (non-hydrogen) atoms. The van der Waals surface area contributed by atoms with Gasteiger partial charge >= 0.3 is 0 Å². The Hall–Kier alpha value is -1.44. The van der Waals surface area contributed by atoms with E-state index in [1.807, 2.05) is 24.0 Å². The van der Waals surface area contributed by atoms with Gasteiger partial charge in [0.25, 0.3) is 5.91 Å². The fourth-order valence-corrected chi connectivity index (χ4v) is 4.02. The van der Waals surface area contributed by atoms with Gasteiger partial charge in [0.2, 0.25) is 5.91 Å². The molecule has 0 unspecified atom stereocenters. The molecule has 1 aromatic rings. The summed E-state index contributed by atoms with van der Waals surface area (Å²) in [5.41, 5.74) is 0. The van der Waals surface area contributed by atoms with E-state index in [1.165, 1.54) is 11.3 Å². The second-order valence-corrected chi connectivity index (χ2v) is 7.23. The van der Waals surface area contributed by atoms with Crippen LogP contribution in [0.4, 0.5) is 0 Å². The Labute approximate surface area is 133 Å². The van der Waals surface area contributed by atoms with E-state index in [0.29, 0.717) is 18.0 Å². The van der Waals surface area contributed by atoms with E-state index in [4.69, 9.17) is 0 Å². The van der Waals surface area contributed by atoms with E-state index in [1.54, 1.807) is 0 Å². The summed E-state index contributed by atoms with van der Waals surface area (Å²) in [6.45, 7) is 3.65. The van der Waals surface area contributed by atoms with Crippen LogP contribution in [0.25, 0.3) is 0 Å². The quantitative estimate of drug-likeness (QED) is 0.737. The first-order valence-corrected chi connectivity index (χ1v) is 8.42. The largest absolute Gasteiger partial charge is 0.389 e. The Morgan fingerprint density at radius 3 is 2.95 bits per heavy atom. The number of aliphatic hydroxyl groups is 1. The molecule has 7 heteroatoms. The first-order valence-electron chi connectivity index (χ1n) is 7.60. The number of thiophene rings is 1. The van der Waals surface area contributed by atoms with E-state index in [9.17, 15) is 14.7 Å². The predicted molar refractivity (Wildman–Crippen MR) is 83.9 cm³/mol. The Kier molecular flexibility index (Phi) is 4.46. The predicted octanol–water partition coefficient (Wildman–Crippen LogP) is 0.110. The Morgan fingerprint density at radius 1 is 1.45 bits per heavy atom. The van der Waals surface area contributed by atoms with Gasteiger partial charge in [0.15, 0.2) is 0 Å². The Balaban J connectivity index is 1.60. The fraction of sp³-hybridized carbons (Fsp3) is 0.600. The minimum absolute atomic E-state index is 0.00000339. The van der Waals surface area contributed by atoms with Crippen LogP contribution >= 0.6 is 11.3 Å². The van der Waals surface area contributed by atoms with Crippen molar-refractivity contribution in [1.82, 2.24) is 15.5 Å². The molecule has 6 nitrogen and oxygen atoms in total. The standard InChI is InChI=1S/C15H21N3O3S/c1-9-2-5-12(22-9)15(21)17-10-3-4-11(14(10)20)18-7-6-16-13(19)8-18/h2,5,10-11,14,20H,3-4,6-8H2,1H3,(H,16,19)(H,17,21)/t10-,11-,14-/m1/s1. The van der Waals surface area contributed by atoms with Gasteiger partial charge in [0.05, 0.1) is 23.6 Å². The SMILES string of the molecule is Cc1ccc(C(=O)N[C@@H]2CC[C@@H](N3CCNC(=O)C3)[C@@H]2O)s1. The molecule has 1 aromatic heterocycles. The molecule has 120 valence electrons. The molecular formula is C15H21N3O3S. The van der Waals surface area contributed by atoms with Gasteiger partial charge in [-0.25, -0.2) is 0 Å². The van der Waals surface area contributed by atoms with Gasteiger partial charge in [-0.2, -0.15) is 0 Å². The molecule has 2 amide bonds. The highest BCUT2D eigenvalue weighted by Gasteiger charge is 2.40. The van der Waals surface area contributed by atoms with Crippen LogP contribution in [0, 0.1) is 6.92 Å². The number of carbonyl (C=O) groups is 2. The highest BCUT2D eigenvalue weighted by Crippen LogP contribution is 2.26. The highest BCUT2D eigenvalue weighted by molar-refractivity contribution is 7.13. The van der Waals surface area contributed by atoms with Crippen molar-refractivity contribution >= 4 is 23.2 Å². The number of hydrogen-bond acceptors (Lipinski definition) is 5. The smallest absolute Gasteiger partial charge is 0.261 e. The lowest BCUT2D eigenvalue weighted by Gasteiger charge is -2.34. The molecular weight excluding hydrogens is 302 g/mol. The third-order valence-corrected chi connectivity index (χ3v) is 5.40.